The van der Waals surface area contributed by atoms with Gasteiger partial charge in [-0.1, -0.05) is 394 Å². The Bertz CT molecular complexity index is 1960. The van der Waals surface area contributed by atoms with Gasteiger partial charge >= 0.3 is 11.9 Å². The zero-order valence-corrected chi connectivity index (χ0v) is 65.9. The van der Waals surface area contributed by atoms with Crippen LogP contribution in [0.3, 0.4) is 0 Å². The van der Waals surface area contributed by atoms with Gasteiger partial charge in [-0.15, -0.1) is 0 Å². The molecule has 0 saturated heterocycles. The van der Waals surface area contributed by atoms with Crippen molar-refractivity contribution < 1.29 is 42.9 Å². The molecule has 0 fully saturated rings. The number of aliphatic carboxylic acids is 1. The summed E-state index contributed by atoms with van der Waals surface area (Å²) in [6.07, 6.45) is 108. The van der Waals surface area contributed by atoms with Gasteiger partial charge in [-0.05, 0) is 89.9 Å². The van der Waals surface area contributed by atoms with Crippen LogP contribution >= 0.6 is 0 Å². The van der Waals surface area contributed by atoms with Gasteiger partial charge in [0.25, 0.3) is 0 Å². The van der Waals surface area contributed by atoms with E-state index in [2.05, 4.69) is 111 Å². The number of carbonyl (C=O) groups excluding carboxylic acids is 3. The quantitative estimate of drug-likeness (QED) is 0.0195. The molecule has 0 radical (unpaired) electrons. The van der Waals surface area contributed by atoms with E-state index >= 15 is 0 Å². The molecule has 0 aliphatic heterocycles. The largest absolute Gasteiger partial charge is 0.545 e. The first-order valence-corrected chi connectivity index (χ1v) is 42.4. The van der Waals surface area contributed by atoms with Gasteiger partial charge in [0.05, 0.1) is 40.3 Å². The summed E-state index contributed by atoms with van der Waals surface area (Å²) in [6, 6.07) is 0. The summed E-state index contributed by atoms with van der Waals surface area (Å²) >= 11 is 0. The first-order chi connectivity index (χ1) is 48.6. The topological polar surface area (TPSA) is 111 Å². The molecule has 0 N–H and O–H groups in total. The average molecular weight is 1390 g/mol. The predicted octanol–water partition coefficient (Wildman–Crippen LogP) is 26.2. The van der Waals surface area contributed by atoms with Gasteiger partial charge in [-0.2, -0.15) is 0 Å². The number of carboxylic acid groups (broad SMARTS) is 1. The summed E-state index contributed by atoms with van der Waals surface area (Å²) in [4.78, 5) is 37.7. The number of quaternary nitrogens is 1. The molecule has 2 atom stereocenters. The van der Waals surface area contributed by atoms with Crippen LogP contribution in [0.4, 0.5) is 0 Å². The third kappa shape index (κ3) is 81.4. The van der Waals surface area contributed by atoms with Crippen LogP contribution in [-0.4, -0.2) is 82.3 Å². The van der Waals surface area contributed by atoms with Crippen LogP contribution < -0.4 is 5.11 Å². The Balaban J connectivity index is 3.94. The van der Waals surface area contributed by atoms with Gasteiger partial charge in [0.2, 0.25) is 0 Å². The van der Waals surface area contributed by atoms with E-state index in [1.54, 1.807) is 0 Å². The second kappa shape index (κ2) is 79.9. The molecule has 0 aromatic rings. The van der Waals surface area contributed by atoms with Crippen LogP contribution in [0.2, 0.25) is 0 Å². The number of allylic oxidation sites excluding steroid dienone is 16. The maximum Gasteiger partial charge on any atom is 0.306 e. The van der Waals surface area contributed by atoms with E-state index < -0.39 is 24.3 Å². The number of rotatable bonds is 79. The minimum absolute atomic E-state index is 0.149. The second-order valence-electron chi connectivity index (χ2n) is 29.7. The molecule has 0 heterocycles. The van der Waals surface area contributed by atoms with Crippen molar-refractivity contribution >= 4 is 17.9 Å². The number of nitrogens with zero attached hydrogens (tertiary/aromatic N) is 1. The normalized spacial score (nSPS) is 13.1. The number of likely N-dealkylation sites (N-methyl/N-ethyl adjacent to an activating group) is 1. The number of hydrogen-bond acceptors (Lipinski definition) is 8. The first-order valence-electron chi connectivity index (χ1n) is 42.4. The standard InChI is InChI=1S/C90H161NO8/c1-6-8-10-12-14-16-18-20-22-24-26-28-30-32-34-36-38-40-42-43-44-45-47-49-51-53-55-57-59-61-63-65-67-69-71-73-75-77-79-81-88(93)99-86(85-98-90(89(94)95)96-83-82-91(3,4)5)84-97-87(92)80-78-76-74-72-70-68-66-64-62-60-58-56-54-52-50-48-46-41-39-37-35-33-31-29-27-25-23-21-19-17-15-13-11-9-7-2/h8-11,14-17,20-23,26-29,86,90H,6-7,12-13,18-19,24-25,30-85H2,1-5H3/b10-8-,11-9-,16-14-,17-15-,22-20-,23-21-,28-26-,29-27-. The highest BCUT2D eigenvalue weighted by molar-refractivity contribution is 5.70. The molecule has 0 bridgehead atoms. The number of esters is 2. The minimum Gasteiger partial charge on any atom is -0.545 e. The maximum absolute atomic E-state index is 13.0. The van der Waals surface area contributed by atoms with E-state index in [0.717, 1.165) is 89.9 Å². The number of carboxylic acids is 1. The summed E-state index contributed by atoms with van der Waals surface area (Å²) in [5.41, 5.74) is 0. The Morgan fingerprint density at radius 3 is 0.808 bits per heavy atom. The molecule has 0 saturated carbocycles. The molecular formula is C90H161NO8. The molecule has 2 unspecified atom stereocenters. The van der Waals surface area contributed by atoms with Crippen molar-refractivity contribution in [3.05, 3.63) is 97.2 Å². The van der Waals surface area contributed by atoms with Crippen LogP contribution in [0.15, 0.2) is 97.2 Å². The van der Waals surface area contributed by atoms with Gasteiger partial charge < -0.3 is 33.3 Å². The molecule has 574 valence electrons. The fourth-order valence-corrected chi connectivity index (χ4v) is 12.5. The van der Waals surface area contributed by atoms with Gasteiger partial charge in [0.1, 0.15) is 13.2 Å². The molecule has 0 rings (SSSR count). The molecular weight excluding hydrogens is 1220 g/mol. The zero-order valence-electron chi connectivity index (χ0n) is 65.9. The summed E-state index contributed by atoms with van der Waals surface area (Å²) in [5.74, 6) is -2.25. The van der Waals surface area contributed by atoms with Gasteiger partial charge in [-0.3, -0.25) is 9.59 Å². The highest BCUT2D eigenvalue weighted by Crippen LogP contribution is 2.20. The molecule has 0 aromatic heterocycles. The number of carbonyl (C=O) groups is 3. The Morgan fingerprint density at radius 2 is 0.545 bits per heavy atom. The van der Waals surface area contributed by atoms with Crippen molar-refractivity contribution in [1.29, 1.82) is 0 Å². The van der Waals surface area contributed by atoms with E-state index in [4.69, 9.17) is 18.9 Å². The van der Waals surface area contributed by atoms with Crippen LogP contribution in [0.25, 0.3) is 0 Å². The molecule has 9 heteroatoms. The molecule has 0 aliphatic rings. The van der Waals surface area contributed by atoms with Gasteiger partial charge in [0.15, 0.2) is 12.4 Å². The SMILES string of the molecule is CC/C=C\C/C=C\C/C=C\C/C=C\CCCCCCCCCCCCCCCCCCCCCCCCCCCCC(=O)OC(COC(=O)CCCCCCCCCCCCCCCCCCCCCCCC/C=C\C/C=C\C/C=C\C/C=C\CC)COC(OCC[N+](C)(C)C)C(=O)[O-]. The Morgan fingerprint density at radius 1 is 0.303 bits per heavy atom. The lowest BCUT2D eigenvalue weighted by Crippen LogP contribution is -2.44. The van der Waals surface area contributed by atoms with Crippen molar-refractivity contribution in [2.45, 2.75) is 411 Å². The van der Waals surface area contributed by atoms with Crippen molar-refractivity contribution in [2.24, 2.45) is 0 Å². The van der Waals surface area contributed by atoms with Crippen LogP contribution in [-0.2, 0) is 33.3 Å². The summed E-state index contributed by atoms with van der Waals surface area (Å²) in [5, 5.41) is 11.9. The lowest BCUT2D eigenvalue weighted by molar-refractivity contribution is -0.870. The third-order valence-electron chi connectivity index (χ3n) is 18.8. The highest BCUT2D eigenvalue weighted by Gasteiger charge is 2.22. The maximum atomic E-state index is 13.0. The summed E-state index contributed by atoms with van der Waals surface area (Å²) in [6.45, 7) is 4.59. The third-order valence-corrected chi connectivity index (χ3v) is 18.8. The second-order valence-corrected chi connectivity index (χ2v) is 29.7. The first kappa shape index (κ1) is 95.2. The van der Waals surface area contributed by atoms with Crippen molar-refractivity contribution in [2.75, 3.05) is 47.5 Å². The summed E-state index contributed by atoms with van der Waals surface area (Å²) in [7, 11) is 5.95. The Hall–Kier alpha value is -3.79. The van der Waals surface area contributed by atoms with Crippen molar-refractivity contribution in [1.82, 2.24) is 0 Å². The van der Waals surface area contributed by atoms with E-state index in [1.807, 2.05) is 21.1 Å². The molecule has 0 amide bonds. The molecule has 99 heavy (non-hydrogen) atoms. The fourth-order valence-electron chi connectivity index (χ4n) is 12.5. The minimum atomic E-state index is -1.62. The number of ether oxygens (including phenoxy) is 4. The fraction of sp³-hybridized carbons (Fsp3) is 0.789. The van der Waals surface area contributed by atoms with Crippen molar-refractivity contribution in [3.63, 3.8) is 0 Å². The molecule has 0 spiro atoms. The van der Waals surface area contributed by atoms with E-state index in [-0.39, 0.29) is 32.2 Å². The van der Waals surface area contributed by atoms with Gasteiger partial charge in [0, 0.05) is 12.8 Å². The lowest BCUT2D eigenvalue weighted by Gasteiger charge is -2.26. The number of unbranched alkanes of at least 4 members (excludes halogenated alkanes) is 48. The predicted molar refractivity (Wildman–Crippen MR) is 426 cm³/mol. The lowest BCUT2D eigenvalue weighted by atomic mass is 10.0. The average Bonchev–Trinajstić information content (AvgIpc) is 1.14. The Kier molecular flexibility index (Phi) is 76.8. The van der Waals surface area contributed by atoms with Crippen LogP contribution in [0, 0.1) is 0 Å². The molecule has 0 aliphatic carbocycles. The van der Waals surface area contributed by atoms with Crippen molar-refractivity contribution in [3.8, 4) is 0 Å². The van der Waals surface area contributed by atoms with Crippen LogP contribution in [0.5, 0.6) is 0 Å². The molecule has 0 aromatic carbocycles. The van der Waals surface area contributed by atoms with Crippen LogP contribution in [0.1, 0.15) is 399 Å². The summed E-state index contributed by atoms with van der Waals surface area (Å²) < 4.78 is 22.9. The zero-order chi connectivity index (χ0) is 71.8. The number of hydrogen-bond donors (Lipinski definition) is 0. The monoisotopic (exact) mass is 1380 g/mol. The Labute approximate surface area is 613 Å². The van der Waals surface area contributed by atoms with E-state index in [9.17, 15) is 19.5 Å². The van der Waals surface area contributed by atoms with Gasteiger partial charge in [-0.25, -0.2) is 0 Å². The highest BCUT2D eigenvalue weighted by atomic mass is 16.7. The smallest absolute Gasteiger partial charge is 0.306 e. The molecule has 9 nitrogen and oxygen atoms in total. The van der Waals surface area contributed by atoms with E-state index in [0.29, 0.717) is 17.4 Å². The van der Waals surface area contributed by atoms with E-state index in [1.165, 1.54) is 283 Å².